The predicted molar refractivity (Wildman–Crippen MR) is 501 cm³/mol. The molecule has 128 heavy (non-hydrogen) atoms. The molecule has 0 unspecified atom stereocenters. The number of nitrogens with two attached hydrogens (primary N) is 2. The molecule has 8 aliphatic rings. The van der Waals surface area contributed by atoms with E-state index in [0.29, 0.717) is 93.8 Å². The molecule has 8 heterocycles. The Kier molecular flexibility index (Phi) is 55.7. The molecule has 0 spiro atoms. The van der Waals surface area contributed by atoms with Crippen molar-refractivity contribution in [2.75, 3.05) is 84.5 Å². The molecule has 5 atom stereocenters. The number of carbonyl (C=O) groups is 11. The normalized spacial score (nSPS) is 16.9. The minimum absolute atomic E-state index is 0. The van der Waals surface area contributed by atoms with Gasteiger partial charge in [0.05, 0.1) is 121 Å². The number of fused-ring (bicyclic) bond motifs is 2. The van der Waals surface area contributed by atoms with Crippen molar-refractivity contribution in [2.24, 2.45) is 5.84 Å². The number of epoxide rings is 1. The third kappa shape index (κ3) is 36.6. The molecular formula is C87H103F6I4KN10O20. The molecule has 10 amide bonds. The maximum absolute atomic E-state index is 13.8. The Labute approximate surface area is 837 Å². The molecule has 0 radical (unpaired) electrons. The average molecular weight is 2270 g/mol. The number of amides is 10. The fraction of sp³-hybridized carbons (Fsp3) is 0.322. The number of ether oxygens (including phenoxy) is 6. The summed E-state index contributed by atoms with van der Waals surface area (Å²) in [5.41, 5.74) is 11.2. The largest absolute Gasteiger partial charge is 1.00 e. The molecule has 8 aromatic rings. The summed E-state index contributed by atoms with van der Waals surface area (Å²) >= 11 is 7.36. The van der Waals surface area contributed by atoms with Crippen LogP contribution in [-0.4, -0.2) is 179 Å². The molecule has 0 aliphatic carbocycles. The summed E-state index contributed by atoms with van der Waals surface area (Å²) in [7, 11) is 0. The monoisotopic (exact) mass is 2270 g/mol. The fourth-order valence-corrected chi connectivity index (χ4v) is 12.5. The zero-order valence-electron chi connectivity index (χ0n) is 65.4. The number of halogens is 10. The first-order valence-corrected chi connectivity index (χ1v) is 40.6. The van der Waals surface area contributed by atoms with Gasteiger partial charge in [-0.2, -0.15) is 0 Å². The number of hydrogen-bond donors (Lipinski definition) is 6. The Morgan fingerprint density at radius 1 is 0.492 bits per heavy atom. The van der Waals surface area contributed by atoms with Crippen LogP contribution in [0.5, 0.6) is 0 Å². The van der Waals surface area contributed by atoms with E-state index in [4.69, 9.17) is 49.6 Å². The number of aliphatic hydroxyl groups is 2. The van der Waals surface area contributed by atoms with Gasteiger partial charge >= 0.3 is 81.7 Å². The van der Waals surface area contributed by atoms with Gasteiger partial charge in [0.15, 0.2) is 0 Å². The summed E-state index contributed by atoms with van der Waals surface area (Å²) < 4.78 is 110. The van der Waals surface area contributed by atoms with Crippen LogP contribution in [0.1, 0.15) is 138 Å². The van der Waals surface area contributed by atoms with E-state index in [9.17, 15) is 79.1 Å². The molecule has 6 saturated heterocycles. The van der Waals surface area contributed by atoms with Gasteiger partial charge in [0, 0.05) is 46.8 Å². The first-order valence-electron chi connectivity index (χ1n) is 36.4. The van der Waals surface area contributed by atoms with Gasteiger partial charge in [-0.25, -0.2) is 54.5 Å². The first kappa shape index (κ1) is 119. The van der Waals surface area contributed by atoms with Crippen molar-refractivity contribution in [2.45, 2.75) is 128 Å². The minimum Gasteiger partial charge on any atom is -0.587 e. The van der Waals surface area contributed by atoms with Crippen LogP contribution in [0.4, 0.5) is 74.0 Å². The number of aliphatic hydroxyl groups excluding tert-OH is 2. The van der Waals surface area contributed by atoms with Gasteiger partial charge in [-0.3, -0.25) is 48.5 Å². The van der Waals surface area contributed by atoms with Crippen LogP contribution in [0.3, 0.4) is 0 Å². The summed E-state index contributed by atoms with van der Waals surface area (Å²) in [6.45, 7) is 7.59. The summed E-state index contributed by atoms with van der Waals surface area (Å²) in [6, 6.07) is 44.9. The molecule has 8 aromatic carbocycles. The number of hydrogen-bond acceptors (Lipinski definition) is 23. The van der Waals surface area contributed by atoms with Gasteiger partial charge in [-0.05, 0) is 208 Å². The number of nitrogens with one attached hydrogen (secondary N) is 1. The molecule has 6 fully saturated rings. The Morgan fingerprint density at radius 2 is 0.844 bits per heavy atom. The summed E-state index contributed by atoms with van der Waals surface area (Å²) in [5, 5.41) is 28.1. The van der Waals surface area contributed by atoms with Gasteiger partial charge in [-0.1, -0.05) is 119 Å². The second kappa shape index (κ2) is 59.7. The minimum atomic E-state index is -0.674. The summed E-state index contributed by atoms with van der Waals surface area (Å²) in [6.07, 6.45) is -0.840. The second-order valence-electron chi connectivity index (χ2n) is 26.0. The molecular weight excluding hydrogens is 2170 g/mol. The van der Waals surface area contributed by atoms with Gasteiger partial charge in [0.2, 0.25) is 11.8 Å². The van der Waals surface area contributed by atoms with Crippen molar-refractivity contribution in [3.05, 3.63) is 255 Å². The number of benzene rings is 8. The Hall–Kier alpha value is -8.57. The topological polar surface area (TPSA) is 405 Å². The van der Waals surface area contributed by atoms with E-state index in [1.165, 1.54) is 85.9 Å². The second-order valence-corrected chi connectivity index (χ2v) is 30.4. The van der Waals surface area contributed by atoms with E-state index >= 15 is 0 Å². The number of imide groups is 3. The van der Waals surface area contributed by atoms with Crippen molar-refractivity contribution in [1.82, 2.24) is 13.6 Å². The number of carbonyl (C=O) groups excluding carboxylic acids is 11. The van der Waals surface area contributed by atoms with Crippen molar-refractivity contribution >= 4 is 185 Å². The summed E-state index contributed by atoms with van der Waals surface area (Å²) in [4.78, 5) is 131. The zero-order chi connectivity index (χ0) is 88.7. The standard InChI is InChI=1S/C18H12FIN2O4.C11H11FINO2.C10H9FINO3.C10H10FNO3.C8H5NO2.C7H7F.C7H12O3.C6H6FN.C4H4INO2.6CH4.K.H4N2O/c19-14-7-10(5-6-15(14)20)21-8-11(26-18(21)25)9-22-16(23)12-3-1-2-4-13(12)17(22)24;1-2-8-6-14(11(15)16-8)7-3-4-10(13)9(12)5-7;11-8-3-6(1-2-9(8)12)13-4-7(5-14)16-10(13)15;11-7-2-1-3-8(4-7)12-5-9(6-13)15-10(12)14;10-7-5-3-1-2-4-6(5)8(11)9-7;1-6-3-2-4-7(8)5-6;1-2-3-7(8)10-5-6-4-9-6;7-5-2-1-3-6(8)4-5;5-6-3(7)1-2-4(6)8;;;;;;;;1-2-3/h1-7,11H,8-9H2;3-5,8H,2,6H2,1H3;1-3,7,14H,4-5H2;1-4,9,13H,5-6H2;1-4H,(H,9,10,11);2-5H,1H3;6H,2-5H2,1H3;1-4H,8H2;1-2H2;6*1H4;;2-3H,1H2/q;;;;;;;;;;;;;;;+1;/p-1/t11-;8-;7-;9-;;;6-;;;;;;;;;;/m1011..1........../s1. The van der Waals surface area contributed by atoms with E-state index in [0.717, 1.165) is 33.0 Å². The van der Waals surface area contributed by atoms with Crippen LogP contribution in [-0.2, 0) is 42.8 Å². The van der Waals surface area contributed by atoms with Crippen LogP contribution in [0.15, 0.2) is 176 Å². The van der Waals surface area contributed by atoms with E-state index in [1.54, 1.807) is 132 Å². The number of cyclic esters (lactones) is 4. The van der Waals surface area contributed by atoms with E-state index in [-0.39, 0.29) is 189 Å². The van der Waals surface area contributed by atoms with Gasteiger partial charge in [0.25, 0.3) is 11.8 Å². The first-order chi connectivity index (χ1) is 57.7. The molecule has 8 N–H and O–H groups in total. The molecule has 16 rings (SSSR count). The maximum Gasteiger partial charge on any atom is 1.00 e. The SMILES string of the molecule is C.C.C.C.C.C.CCCC(=O)OC[C@H]1CO1.CC[C@H]1CN(c2ccc(I)c(F)c2)C(=O)O1.Cc1cccc(F)c1.NNO.Nc1cccc(F)c1.O=C1CCC(=O)N1I.O=C1O[C@@H](CO)CN1c1ccc(I)c(F)c1.O=C1O[C@@H](CO)CN1c1cccc(F)c1.O=C1[N-]C(=O)c2ccccc21.O=C1c2ccccc2C(=O)N1C[C@H]1CN(c2ccc(I)c(F)c2)C(=O)O1.[K+]. The average Bonchev–Trinajstić information content (AvgIpc) is 1.63. The fourth-order valence-electron chi connectivity index (χ4n) is 11.0. The molecule has 8 aliphatic heterocycles. The Morgan fingerprint density at radius 3 is 1.15 bits per heavy atom. The Balaban J connectivity index is 0.00000144. The number of aryl methyl sites for hydroxylation is 1. The number of hydrazine groups is 1. The van der Waals surface area contributed by atoms with Crippen molar-refractivity contribution in [1.29, 1.82) is 0 Å². The van der Waals surface area contributed by atoms with E-state index in [1.807, 2.05) is 94.6 Å². The number of nitrogen functional groups attached to an aromatic ring is 1. The van der Waals surface area contributed by atoms with Crippen molar-refractivity contribution in [3.8, 4) is 0 Å². The quantitative estimate of drug-likeness (QED) is 0.00533. The van der Waals surface area contributed by atoms with Crippen molar-refractivity contribution < 1.29 is 174 Å². The van der Waals surface area contributed by atoms with Gasteiger partial charge in [-0.15, -0.1) is 5.59 Å². The molecule has 0 saturated carbocycles. The number of esters is 1. The zero-order valence-corrected chi connectivity index (χ0v) is 77.1. The molecule has 692 valence electrons. The van der Waals surface area contributed by atoms with Crippen LogP contribution >= 0.6 is 90.6 Å². The third-order valence-corrected chi connectivity index (χ3v) is 20.8. The number of anilines is 5. The molecule has 0 bridgehead atoms. The van der Waals surface area contributed by atoms with Crippen LogP contribution in [0.25, 0.3) is 5.32 Å². The third-order valence-electron chi connectivity index (χ3n) is 17.1. The van der Waals surface area contributed by atoms with E-state index in [2.05, 4.69) is 11.2 Å². The maximum atomic E-state index is 13.8. The van der Waals surface area contributed by atoms with E-state index < -0.39 is 77.9 Å². The molecule has 30 nitrogen and oxygen atoms in total. The van der Waals surface area contributed by atoms with Gasteiger partial charge in [0.1, 0.15) is 72.0 Å². The smallest absolute Gasteiger partial charge is 0.587 e. The van der Waals surface area contributed by atoms with Crippen LogP contribution in [0.2, 0.25) is 0 Å². The number of rotatable bonds is 13. The predicted octanol–water partition coefficient (Wildman–Crippen LogP) is 14.9. The van der Waals surface area contributed by atoms with Crippen LogP contribution < -0.4 is 88.1 Å². The van der Waals surface area contributed by atoms with Crippen molar-refractivity contribution in [3.63, 3.8) is 0 Å². The van der Waals surface area contributed by atoms with Crippen LogP contribution in [0, 0.1) is 52.5 Å². The molecule has 0 aromatic heterocycles. The Bertz CT molecular complexity index is 4780. The van der Waals surface area contributed by atoms with Gasteiger partial charge < -0.3 is 64.5 Å². The number of nitrogens with zero attached hydrogens (tertiary/aromatic N) is 7. The summed E-state index contributed by atoms with van der Waals surface area (Å²) in [5.74, 6) is 0.257. The molecule has 41 heteroatoms.